The fourth-order valence-corrected chi connectivity index (χ4v) is 7.91. The van der Waals surface area contributed by atoms with Gasteiger partial charge in [-0.15, -0.1) is 0 Å². The molecule has 2 heterocycles. The van der Waals surface area contributed by atoms with Gasteiger partial charge in [0.05, 0.1) is 32.9 Å². The third-order valence-electron chi connectivity index (χ3n) is 8.77. The molecule has 1 aromatic heterocycles. The quantitative estimate of drug-likeness (QED) is 0.157. The second-order valence-corrected chi connectivity index (χ2v) is 16.5. The van der Waals surface area contributed by atoms with E-state index in [2.05, 4.69) is 92.6 Å². The van der Waals surface area contributed by atoms with Crippen molar-refractivity contribution in [2.75, 3.05) is 0 Å². The Labute approximate surface area is 344 Å². The lowest BCUT2D eigenvalue weighted by molar-refractivity contribution is 0.409. The summed E-state index contributed by atoms with van der Waals surface area (Å²) in [6.45, 7) is 0. The topological polar surface area (TPSA) is 42.5 Å². The molecule has 0 fully saturated rings. The minimum atomic E-state index is -1.47. The van der Waals surface area contributed by atoms with E-state index in [4.69, 9.17) is 38.2 Å². The van der Waals surface area contributed by atoms with E-state index < -0.39 is 5.79 Å². The molecule has 0 bridgehead atoms. The van der Waals surface area contributed by atoms with Crippen LogP contribution in [0.15, 0.2) is 173 Å². The molecule has 0 aliphatic carbocycles. The standard InChI is InChI=1S/C42H24Br4Cl2N4/c43-29-17-9-25(10-18-29)37-38(26-11-19-30(44)20-12-26)51-42(50-37,34-6-2-4-8-36(34)48)52-40(28-15-23-32(46)24-16-28)39(27-13-21-31(45)22-14-27)49-41(52)33-5-1-3-7-35(33)47/h1-24H. The number of rotatable bonds is 7. The molecule has 0 amide bonds. The molecule has 254 valence electrons. The number of imidazole rings is 1. The molecule has 0 N–H and O–H groups in total. The number of aliphatic imine (C=N–C) groups is 2. The van der Waals surface area contributed by atoms with Crippen LogP contribution < -0.4 is 0 Å². The van der Waals surface area contributed by atoms with Gasteiger partial charge < -0.3 is 0 Å². The van der Waals surface area contributed by atoms with E-state index in [1.807, 2.05) is 121 Å². The molecule has 8 rings (SSSR count). The van der Waals surface area contributed by atoms with Crippen LogP contribution in [0.1, 0.15) is 16.7 Å². The van der Waals surface area contributed by atoms with Crippen molar-refractivity contribution in [1.29, 1.82) is 0 Å². The highest BCUT2D eigenvalue weighted by Crippen LogP contribution is 2.49. The molecule has 0 radical (unpaired) electrons. The summed E-state index contributed by atoms with van der Waals surface area (Å²) < 4.78 is 5.94. The molecular weight excluding hydrogens is 951 g/mol. The number of hydrogen-bond donors (Lipinski definition) is 0. The van der Waals surface area contributed by atoms with Crippen molar-refractivity contribution in [2.24, 2.45) is 9.98 Å². The number of aromatic nitrogens is 2. The van der Waals surface area contributed by atoms with E-state index in [0.29, 0.717) is 32.9 Å². The third kappa shape index (κ3) is 6.59. The van der Waals surface area contributed by atoms with Crippen molar-refractivity contribution >= 4 is 98.3 Å². The number of benzene rings is 6. The Morgan fingerprint density at radius 2 is 0.885 bits per heavy atom. The Bertz CT molecular complexity index is 2450. The van der Waals surface area contributed by atoms with Crippen molar-refractivity contribution < 1.29 is 0 Å². The summed E-state index contributed by atoms with van der Waals surface area (Å²) in [5.41, 5.74) is 7.98. The summed E-state index contributed by atoms with van der Waals surface area (Å²) in [7, 11) is 0. The highest BCUT2D eigenvalue weighted by atomic mass is 79.9. The molecule has 0 saturated heterocycles. The zero-order chi connectivity index (χ0) is 36.0. The summed E-state index contributed by atoms with van der Waals surface area (Å²) in [4.78, 5) is 16.9. The van der Waals surface area contributed by atoms with Crippen LogP contribution in [0.25, 0.3) is 33.9 Å². The normalized spacial score (nSPS) is 13.6. The summed E-state index contributed by atoms with van der Waals surface area (Å²) in [5, 5.41) is 1.05. The van der Waals surface area contributed by atoms with Crippen LogP contribution in [-0.4, -0.2) is 21.0 Å². The van der Waals surface area contributed by atoms with Crippen LogP contribution in [0.2, 0.25) is 10.0 Å². The lowest BCUT2D eigenvalue weighted by Crippen LogP contribution is -2.31. The van der Waals surface area contributed by atoms with E-state index in [1.165, 1.54) is 0 Å². The maximum atomic E-state index is 7.24. The zero-order valence-corrected chi connectivity index (χ0v) is 34.8. The Balaban J connectivity index is 1.58. The van der Waals surface area contributed by atoms with Gasteiger partial charge in [0.25, 0.3) is 5.79 Å². The van der Waals surface area contributed by atoms with Gasteiger partial charge in [0.15, 0.2) is 0 Å². The first-order chi connectivity index (χ1) is 25.2. The second kappa shape index (κ2) is 14.7. The van der Waals surface area contributed by atoms with Gasteiger partial charge in [-0.2, -0.15) is 0 Å². The average molecular weight is 975 g/mol. The number of halogens is 6. The molecule has 1 aliphatic rings. The lowest BCUT2D eigenvalue weighted by Gasteiger charge is -2.30. The summed E-state index contributed by atoms with van der Waals surface area (Å²) >= 11 is 28.8. The van der Waals surface area contributed by atoms with Gasteiger partial charge in [-0.3, -0.25) is 4.57 Å². The first-order valence-electron chi connectivity index (χ1n) is 16.1. The molecule has 0 spiro atoms. The predicted octanol–water partition coefficient (Wildman–Crippen LogP) is 13.9. The Hall–Kier alpha value is -3.63. The summed E-state index contributed by atoms with van der Waals surface area (Å²) in [5.74, 6) is -0.887. The first kappa shape index (κ1) is 35.4. The van der Waals surface area contributed by atoms with Crippen LogP contribution in [0, 0.1) is 0 Å². The number of hydrogen-bond acceptors (Lipinski definition) is 3. The third-order valence-corrected chi connectivity index (χ3v) is 11.5. The van der Waals surface area contributed by atoms with E-state index in [0.717, 1.165) is 57.1 Å². The molecule has 10 heteroatoms. The Morgan fingerprint density at radius 3 is 1.37 bits per heavy atom. The maximum Gasteiger partial charge on any atom is 0.263 e. The lowest BCUT2D eigenvalue weighted by atomic mass is 10.0. The van der Waals surface area contributed by atoms with Gasteiger partial charge in [0, 0.05) is 51.3 Å². The van der Waals surface area contributed by atoms with Gasteiger partial charge in [-0.1, -0.05) is 166 Å². The molecule has 0 atom stereocenters. The molecule has 1 aliphatic heterocycles. The van der Waals surface area contributed by atoms with Crippen molar-refractivity contribution in [1.82, 2.24) is 9.55 Å². The molecule has 0 saturated carbocycles. The van der Waals surface area contributed by atoms with Gasteiger partial charge in [0.2, 0.25) is 0 Å². The van der Waals surface area contributed by atoms with Crippen molar-refractivity contribution in [2.45, 2.75) is 5.79 Å². The van der Waals surface area contributed by atoms with Crippen molar-refractivity contribution in [3.63, 3.8) is 0 Å². The molecule has 6 aromatic carbocycles. The average Bonchev–Trinajstić information content (AvgIpc) is 3.74. The Morgan fingerprint density at radius 1 is 0.462 bits per heavy atom. The SMILES string of the molecule is Clc1ccccc1-c1nc(-c2ccc(Br)cc2)c(-c2ccc(Br)cc2)n1C1(c2ccccc2Cl)N=C(c2ccc(Br)cc2)C(c2ccc(Br)cc2)=N1. The summed E-state index contributed by atoms with van der Waals surface area (Å²) in [6.07, 6.45) is 0. The number of nitrogens with zero attached hydrogens (tertiary/aromatic N) is 4. The van der Waals surface area contributed by atoms with Crippen molar-refractivity contribution in [3.8, 4) is 33.9 Å². The largest absolute Gasteiger partial charge is 0.275 e. The van der Waals surface area contributed by atoms with E-state index >= 15 is 0 Å². The minimum absolute atomic E-state index is 0.507. The van der Waals surface area contributed by atoms with E-state index in [1.54, 1.807) is 0 Å². The summed E-state index contributed by atoms with van der Waals surface area (Å²) in [6, 6.07) is 48.0. The van der Waals surface area contributed by atoms with Crippen LogP contribution in [0.4, 0.5) is 0 Å². The predicted molar refractivity (Wildman–Crippen MR) is 229 cm³/mol. The smallest absolute Gasteiger partial charge is 0.263 e. The molecule has 0 unspecified atom stereocenters. The molecule has 7 aromatic rings. The highest BCUT2D eigenvalue weighted by molar-refractivity contribution is 9.11. The minimum Gasteiger partial charge on any atom is -0.275 e. The highest BCUT2D eigenvalue weighted by Gasteiger charge is 2.46. The van der Waals surface area contributed by atoms with Crippen LogP contribution in [0.5, 0.6) is 0 Å². The van der Waals surface area contributed by atoms with E-state index in [-0.39, 0.29) is 0 Å². The first-order valence-corrected chi connectivity index (χ1v) is 20.0. The monoisotopic (exact) mass is 970 g/mol. The van der Waals surface area contributed by atoms with Crippen LogP contribution in [0.3, 0.4) is 0 Å². The fraction of sp³-hybridized carbons (Fsp3) is 0.0238. The van der Waals surface area contributed by atoms with Gasteiger partial charge in [-0.05, 0) is 66.7 Å². The van der Waals surface area contributed by atoms with Crippen molar-refractivity contribution in [3.05, 3.63) is 190 Å². The van der Waals surface area contributed by atoms with Crippen LogP contribution >= 0.6 is 86.9 Å². The molecule has 52 heavy (non-hydrogen) atoms. The zero-order valence-electron chi connectivity index (χ0n) is 26.9. The van der Waals surface area contributed by atoms with Gasteiger partial charge >= 0.3 is 0 Å². The molecular formula is C42H24Br4Cl2N4. The van der Waals surface area contributed by atoms with E-state index in [9.17, 15) is 0 Å². The maximum absolute atomic E-state index is 7.24. The molecule has 4 nitrogen and oxygen atoms in total. The Kier molecular flexibility index (Phi) is 9.98. The second-order valence-electron chi connectivity index (χ2n) is 12.0. The fourth-order valence-electron chi connectivity index (χ4n) is 6.36. The van der Waals surface area contributed by atoms with Gasteiger partial charge in [0.1, 0.15) is 5.82 Å². The van der Waals surface area contributed by atoms with Gasteiger partial charge in [-0.25, -0.2) is 15.0 Å². The van der Waals surface area contributed by atoms with Crippen LogP contribution in [-0.2, 0) is 5.79 Å².